The fraction of sp³-hybridized carbons (Fsp3) is 0.263. The van der Waals surface area contributed by atoms with Gasteiger partial charge in [0.15, 0.2) is 0 Å². The molecule has 0 saturated heterocycles. The maximum atomic E-state index is 5.77. The van der Waals surface area contributed by atoms with Crippen LogP contribution in [0.5, 0.6) is 0 Å². The summed E-state index contributed by atoms with van der Waals surface area (Å²) in [6.45, 7) is 0.578. The van der Waals surface area contributed by atoms with E-state index in [4.69, 9.17) is 5.73 Å². The van der Waals surface area contributed by atoms with Crippen LogP contribution in [-0.2, 0) is 13.0 Å². The van der Waals surface area contributed by atoms with Crippen LogP contribution in [0.4, 0.5) is 5.95 Å². The molecule has 1 aromatic carbocycles. The van der Waals surface area contributed by atoms with Crippen LogP contribution in [0.3, 0.4) is 0 Å². The Morgan fingerprint density at radius 3 is 2.88 bits per heavy atom. The third-order valence-corrected chi connectivity index (χ3v) is 4.54. The van der Waals surface area contributed by atoms with Gasteiger partial charge in [-0.1, -0.05) is 18.2 Å². The molecule has 1 aliphatic carbocycles. The molecule has 0 aliphatic heterocycles. The molecule has 126 valence electrons. The van der Waals surface area contributed by atoms with E-state index < -0.39 is 0 Å². The first-order chi connectivity index (χ1) is 12.3. The van der Waals surface area contributed by atoms with Gasteiger partial charge in [0.25, 0.3) is 0 Å². The standard InChI is InChI=1S/C19H20N6/c20-11-13-4-5-15-14(10-13)2-1-3-16(15)24-19-23-7-6-17(25-19)18-12-21-8-9-22-18/h4-10,12,16H,1-3,11,20H2,(H,23,24,25). The number of nitrogens with zero attached hydrogens (tertiary/aromatic N) is 4. The van der Waals surface area contributed by atoms with Crippen molar-refractivity contribution >= 4 is 5.95 Å². The van der Waals surface area contributed by atoms with Gasteiger partial charge in [0.1, 0.15) is 5.69 Å². The third-order valence-electron chi connectivity index (χ3n) is 4.54. The second-order valence-corrected chi connectivity index (χ2v) is 6.18. The molecule has 1 atom stereocenters. The van der Waals surface area contributed by atoms with Gasteiger partial charge in [0, 0.05) is 25.1 Å². The summed E-state index contributed by atoms with van der Waals surface area (Å²) in [5.74, 6) is 0.615. The zero-order valence-corrected chi connectivity index (χ0v) is 13.9. The first kappa shape index (κ1) is 15.7. The van der Waals surface area contributed by atoms with E-state index in [0.717, 1.165) is 30.7 Å². The van der Waals surface area contributed by atoms with Crippen molar-refractivity contribution in [3.05, 3.63) is 65.7 Å². The lowest BCUT2D eigenvalue weighted by Gasteiger charge is -2.27. The minimum Gasteiger partial charge on any atom is -0.347 e. The summed E-state index contributed by atoms with van der Waals surface area (Å²) in [4.78, 5) is 17.4. The van der Waals surface area contributed by atoms with Crippen molar-refractivity contribution in [2.24, 2.45) is 5.73 Å². The van der Waals surface area contributed by atoms with Crippen LogP contribution in [0.1, 0.15) is 35.6 Å². The van der Waals surface area contributed by atoms with Gasteiger partial charge >= 0.3 is 0 Å². The molecule has 2 heterocycles. The Balaban J connectivity index is 1.60. The second kappa shape index (κ2) is 6.94. The van der Waals surface area contributed by atoms with Crippen molar-refractivity contribution in [1.82, 2.24) is 19.9 Å². The smallest absolute Gasteiger partial charge is 0.223 e. The molecular formula is C19H20N6. The second-order valence-electron chi connectivity index (χ2n) is 6.18. The Bertz CT molecular complexity index is 865. The Hall–Kier alpha value is -2.86. The molecular weight excluding hydrogens is 312 g/mol. The maximum Gasteiger partial charge on any atom is 0.223 e. The summed E-state index contributed by atoms with van der Waals surface area (Å²) in [6.07, 6.45) is 10.1. The van der Waals surface area contributed by atoms with E-state index in [0.29, 0.717) is 12.5 Å². The molecule has 6 nitrogen and oxygen atoms in total. The molecule has 0 amide bonds. The van der Waals surface area contributed by atoms with Crippen molar-refractivity contribution < 1.29 is 0 Å². The Morgan fingerprint density at radius 1 is 1.08 bits per heavy atom. The van der Waals surface area contributed by atoms with E-state index in [2.05, 4.69) is 43.5 Å². The summed E-state index contributed by atoms with van der Waals surface area (Å²) in [5, 5.41) is 3.48. The number of hydrogen-bond acceptors (Lipinski definition) is 6. The van der Waals surface area contributed by atoms with Gasteiger partial charge in [-0.2, -0.15) is 0 Å². The predicted octanol–water partition coefficient (Wildman–Crippen LogP) is 2.88. The van der Waals surface area contributed by atoms with Gasteiger partial charge in [-0.3, -0.25) is 9.97 Å². The van der Waals surface area contributed by atoms with Gasteiger partial charge in [-0.25, -0.2) is 9.97 Å². The van der Waals surface area contributed by atoms with Gasteiger partial charge < -0.3 is 11.1 Å². The summed E-state index contributed by atoms with van der Waals surface area (Å²) < 4.78 is 0. The van der Waals surface area contributed by atoms with Crippen LogP contribution < -0.4 is 11.1 Å². The topological polar surface area (TPSA) is 89.6 Å². The first-order valence-electron chi connectivity index (χ1n) is 8.51. The number of nitrogens with one attached hydrogen (secondary N) is 1. The minimum atomic E-state index is 0.215. The molecule has 6 heteroatoms. The number of aromatic nitrogens is 4. The molecule has 0 radical (unpaired) electrons. The van der Waals surface area contributed by atoms with E-state index in [1.165, 1.54) is 16.7 Å². The average molecular weight is 332 g/mol. The fourth-order valence-corrected chi connectivity index (χ4v) is 3.30. The zero-order chi connectivity index (χ0) is 17.1. The lowest BCUT2D eigenvalue weighted by atomic mass is 9.86. The predicted molar refractivity (Wildman–Crippen MR) is 96.7 cm³/mol. The normalized spacial score (nSPS) is 16.3. The number of aryl methyl sites for hydroxylation is 1. The highest BCUT2D eigenvalue weighted by Gasteiger charge is 2.21. The summed E-state index contributed by atoms with van der Waals surface area (Å²) in [7, 11) is 0. The van der Waals surface area contributed by atoms with Crippen molar-refractivity contribution in [2.45, 2.75) is 31.8 Å². The molecule has 25 heavy (non-hydrogen) atoms. The molecule has 3 N–H and O–H groups in total. The quantitative estimate of drug-likeness (QED) is 0.763. The van der Waals surface area contributed by atoms with Gasteiger partial charge in [0.2, 0.25) is 5.95 Å². The SMILES string of the molecule is NCc1ccc2c(c1)CCCC2Nc1nccc(-c2cnccn2)n1. The van der Waals surface area contributed by atoms with E-state index in [1.807, 2.05) is 6.07 Å². The zero-order valence-electron chi connectivity index (χ0n) is 13.9. The molecule has 1 unspecified atom stereocenters. The van der Waals surface area contributed by atoms with E-state index >= 15 is 0 Å². The average Bonchev–Trinajstić information content (AvgIpc) is 2.69. The van der Waals surface area contributed by atoms with Crippen molar-refractivity contribution in [2.75, 3.05) is 5.32 Å². The number of hydrogen-bond donors (Lipinski definition) is 2. The molecule has 0 fully saturated rings. The lowest BCUT2D eigenvalue weighted by Crippen LogP contribution is -2.19. The highest BCUT2D eigenvalue weighted by molar-refractivity contribution is 5.54. The van der Waals surface area contributed by atoms with E-state index in [9.17, 15) is 0 Å². The minimum absolute atomic E-state index is 0.215. The number of fused-ring (bicyclic) bond motifs is 1. The Morgan fingerprint density at radius 2 is 2.04 bits per heavy atom. The van der Waals surface area contributed by atoms with Crippen molar-refractivity contribution in [1.29, 1.82) is 0 Å². The van der Waals surface area contributed by atoms with Crippen LogP contribution in [0, 0.1) is 0 Å². The number of benzene rings is 1. The monoisotopic (exact) mass is 332 g/mol. The van der Waals surface area contributed by atoms with E-state index in [-0.39, 0.29) is 6.04 Å². The summed E-state index contributed by atoms with van der Waals surface area (Å²) >= 11 is 0. The van der Waals surface area contributed by atoms with Crippen molar-refractivity contribution in [3.8, 4) is 11.4 Å². The largest absolute Gasteiger partial charge is 0.347 e. The number of anilines is 1. The van der Waals surface area contributed by atoms with Crippen LogP contribution >= 0.6 is 0 Å². The molecule has 2 aromatic heterocycles. The highest BCUT2D eigenvalue weighted by Crippen LogP contribution is 2.32. The molecule has 0 bridgehead atoms. The van der Waals surface area contributed by atoms with Gasteiger partial charge in [-0.15, -0.1) is 0 Å². The fourth-order valence-electron chi connectivity index (χ4n) is 3.30. The number of nitrogens with two attached hydrogens (primary N) is 1. The lowest BCUT2D eigenvalue weighted by molar-refractivity contribution is 0.595. The first-order valence-corrected chi connectivity index (χ1v) is 8.51. The van der Waals surface area contributed by atoms with Crippen LogP contribution in [0.2, 0.25) is 0 Å². The summed E-state index contributed by atoms with van der Waals surface area (Å²) in [5.41, 5.74) is 11.1. The highest BCUT2D eigenvalue weighted by atomic mass is 15.1. The van der Waals surface area contributed by atoms with Crippen molar-refractivity contribution in [3.63, 3.8) is 0 Å². The molecule has 3 aromatic rings. The molecule has 0 spiro atoms. The summed E-state index contributed by atoms with van der Waals surface area (Å²) in [6, 6.07) is 8.57. The van der Waals surface area contributed by atoms with Crippen LogP contribution in [-0.4, -0.2) is 19.9 Å². The Labute approximate surface area is 146 Å². The molecule has 1 aliphatic rings. The van der Waals surface area contributed by atoms with E-state index in [1.54, 1.807) is 24.8 Å². The van der Waals surface area contributed by atoms with Crippen LogP contribution in [0.15, 0.2) is 49.1 Å². The Kier molecular flexibility index (Phi) is 4.35. The molecule has 0 saturated carbocycles. The van der Waals surface area contributed by atoms with Gasteiger partial charge in [-0.05, 0) is 42.0 Å². The maximum absolute atomic E-state index is 5.77. The number of rotatable bonds is 4. The third kappa shape index (κ3) is 3.34. The van der Waals surface area contributed by atoms with Crippen LogP contribution in [0.25, 0.3) is 11.4 Å². The van der Waals surface area contributed by atoms with Gasteiger partial charge in [0.05, 0.1) is 17.9 Å². The molecule has 4 rings (SSSR count).